The number of benzene rings is 3. The fourth-order valence-corrected chi connectivity index (χ4v) is 5.93. The smallest absolute Gasteiger partial charge is 0.326 e. The van der Waals surface area contributed by atoms with Crippen LogP contribution in [0.15, 0.2) is 91.0 Å². The molecule has 3 unspecified atom stereocenters. The van der Waals surface area contributed by atoms with Crippen LogP contribution in [0.1, 0.15) is 37.0 Å². The molecular formula is C31H33N3O4. The van der Waals surface area contributed by atoms with E-state index in [1.54, 1.807) is 13.8 Å². The molecule has 2 saturated heterocycles. The Kier molecular flexibility index (Phi) is 7.04. The van der Waals surface area contributed by atoms with Gasteiger partial charge in [-0.15, -0.1) is 0 Å². The average Bonchev–Trinajstić information content (AvgIpc) is 3.66. The van der Waals surface area contributed by atoms with Crippen molar-refractivity contribution < 1.29 is 19.5 Å². The van der Waals surface area contributed by atoms with Crippen molar-refractivity contribution in [1.29, 1.82) is 0 Å². The van der Waals surface area contributed by atoms with E-state index in [1.807, 2.05) is 54.6 Å². The van der Waals surface area contributed by atoms with E-state index in [0.29, 0.717) is 19.5 Å². The van der Waals surface area contributed by atoms with E-state index < -0.39 is 29.6 Å². The lowest BCUT2D eigenvalue weighted by Crippen LogP contribution is -2.50. The van der Waals surface area contributed by atoms with Gasteiger partial charge in [-0.1, -0.05) is 105 Å². The molecule has 5 rings (SSSR count). The van der Waals surface area contributed by atoms with Gasteiger partial charge in [-0.25, -0.2) is 4.79 Å². The number of aliphatic carboxylic acids is 1. The summed E-state index contributed by atoms with van der Waals surface area (Å²) in [4.78, 5) is 42.0. The maximum Gasteiger partial charge on any atom is 0.326 e. The highest BCUT2D eigenvalue weighted by Crippen LogP contribution is 2.48. The lowest BCUT2D eigenvalue weighted by molar-refractivity contribution is -0.150. The first-order valence-corrected chi connectivity index (χ1v) is 13.1. The summed E-state index contributed by atoms with van der Waals surface area (Å²) >= 11 is 0. The Morgan fingerprint density at radius 1 is 0.868 bits per heavy atom. The molecule has 2 heterocycles. The van der Waals surface area contributed by atoms with Crippen LogP contribution in [0.5, 0.6) is 0 Å². The van der Waals surface area contributed by atoms with Crippen molar-refractivity contribution in [3.05, 3.63) is 108 Å². The number of carbonyl (C=O) groups is 3. The molecule has 2 aliphatic rings. The minimum absolute atomic E-state index is 0.214. The first-order valence-electron chi connectivity index (χ1n) is 13.1. The van der Waals surface area contributed by atoms with Gasteiger partial charge < -0.3 is 15.3 Å². The monoisotopic (exact) mass is 511 g/mol. The molecule has 2 amide bonds. The van der Waals surface area contributed by atoms with Crippen LogP contribution in [0.2, 0.25) is 0 Å². The number of hydrogen-bond donors (Lipinski definition) is 2. The Bertz CT molecular complexity index is 1200. The van der Waals surface area contributed by atoms with Crippen LogP contribution in [0.4, 0.5) is 0 Å². The number of nitrogens with one attached hydrogen (secondary N) is 1. The molecule has 0 aromatic heterocycles. The molecule has 4 atom stereocenters. The number of carbonyl (C=O) groups excluding carboxylic acids is 2. The maximum absolute atomic E-state index is 13.6. The van der Waals surface area contributed by atoms with Crippen LogP contribution in [0.3, 0.4) is 0 Å². The highest BCUT2D eigenvalue weighted by Gasteiger charge is 2.56. The normalized spacial score (nSPS) is 21.8. The predicted octanol–water partition coefficient (Wildman–Crippen LogP) is 3.49. The first-order chi connectivity index (χ1) is 18.4. The maximum atomic E-state index is 13.6. The lowest BCUT2D eigenvalue weighted by Gasteiger charge is -2.38. The Labute approximate surface area is 223 Å². The van der Waals surface area contributed by atoms with E-state index in [4.69, 9.17) is 0 Å². The molecule has 3 aromatic carbocycles. The van der Waals surface area contributed by atoms with E-state index in [2.05, 4.69) is 46.6 Å². The van der Waals surface area contributed by atoms with E-state index in [-0.39, 0.29) is 17.7 Å². The fraction of sp³-hybridized carbons (Fsp3) is 0.323. The summed E-state index contributed by atoms with van der Waals surface area (Å²) in [6.45, 7) is 4.42. The molecule has 2 aliphatic heterocycles. The topological polar surface area (TPSA) is 89.7 Å². The van der Waals surface area contributed by atoms with E-state index in [1.165, 1.54) is 4.90 Å². The molecule has 196 valence electrons. The summed E-state index contributed by atoms with van der Waals surface area (Å²) in [5.41, 5.74) is 2.47. The number of rotatable bonds is 9. The van der Waals surface area contributed by atoms with Crippen molar-refractivity contribution >= 4 is 17.8 Å². The van der Waals surface area contributed by atoms with Crippen LogP contribution in [0, 0.1) is 5.92 Å². The van der Waals surface area contributed by atoms with Gasteiger partial charge in [0.25, 0.3) is 0 Å². The largest absolute Gasteiger partial charge is 0.480 e. The number of nitrogens with zero attached hydrogens (tertiary/aromatic N) is 2. The minimum atomic E-state index is -1.02. The number of hydrogen-bond acceptors (Lipinski definition) is 4. The second-order valence-electron chi connectivity index (χ2n) is 10.4. The summed E-state index contributed by atoms with van der Waals surface area (Å²) < 4.78 is 0. The Hall–Kier alpha value is -3.97. The van der Waals surface area contributed by atoms with Crippen molar-refractivity contribution in [2.45, 2.75) is 43.9 Å². The first kappa shape index (κ1) is 25.7. The van der Waals surface area contributed by atoms with Crippen LogP contribution in [0.25, 0.3) is 0 Å². The third kappa shape index (κ3) is 4.47. The third-order valence-corrected chi connectivity index (χ3v) is 7.70. The summed E-state index contributed by atoms with van der Waals surface area (Å²) in [6.07, 6.45) is 0.398. The van der Waals surface area contributed by atoms with Crippen LogP contribution >= 0.6 is 0 Å². The number of carboxylic acid groups (broad SMARTS) is 1. The molecule has 38 heavy (non-hydrogen) atoms. The molecule has 0 aliphatic carbocycles. The molecule has 0 saturated carbocycles. The lowest BCUT2D eigenvalue weighted by atomic mass is 9.76. The standard InChI is InChI=1S/C31H33N3O4/c1-21(2)27(30(37)38)33-19-18-25(29(33)36)32-28(35)26-20-34(26)31(22-12-6-3-7-13-22,23-14-8-4-9-15-23)24-16-10-5-11-17-24/h3-17,21,25-27H,18-20H2,1-2H3,(H,32,35)(H,37,38)/t25?,26?,27?,34-/m1/s1. The van der Waals surface area contributed by atoms with Gasteiger partial charge in [0.05, 0.1) is 5.54 Å². The summed E-state index contributed by atoms with van der Waals surface area (Å²) in [5.74, 6) is -1.79. The number of likely N-dealkylation sites (tertiary alicyclic amines) is 1. The van der Waals surface area contributed by atoms with Crippen molar-refractivity contribution in [1.82, 2.24) is 15.1 Å². The molecule has 2 N–H and O–H groups in total. The van der Waals surface area contributed by atoms with E-state index >= 15 is 0 Å². The van der Waals surface area contributed by atoms with Crippen LogP contribution < -0.4 is 5.32 Å². The van der Waals surface area contributed by atoms with Crippen molar-refractivity contribution in [3.63, 3.8) is 0 Å². The van der Waals surface area contributed by atoms with Crippen molar-refractivity contribution in [3.8, 4) is 0 Å². The van der Waals surface area contributed by atoms with E-state index in [9.17, 15) is 19.5 Å². The van der Waals surface area contributed by atoms with Crippen LogP contribution in [-0.2, 0) is 19.9 Å². The summed E-state index contributed by atoms with van der Waals surface area (Å²) in [7, 11) is 0. The molecule has 0 bridgehead atoms. The fourth-order valence-electron chi connectivity index (χ4n) is 5.93. The average molecular weight is 512 g/mol. The predicted molar refractivity (Wildman–Crippen MR) is 144 cm³/mol. The van der Waals surface area contributed by atoms with Gasteiger partial charge >= 0.3 is 5.97 Å². The zero-order valence-electron chi connectivity index (χ0n) is 21.7. The molecule has 0 spiro atoms. The van der Waals surface area contributed by atoms with Crippen LogP contribution in [-0.4, -0.2) is 63.9 Å². The van der Waals surface area contributed by atoms with Gasteiger partial charge in [-0.05, 0) is 29.0 Å². The van der Waals surface area contributed by atoms with Gasteiger partial charge in [0, 0.05) is 13.1 Å². The Morgan fingerprint density at radius 3 is 1.76 bits per heavy atom. The van der Waals surface area contributed by atoms with Gasteiger partial charge in [-0.2, -0.15) is 0 Å². The summed E-state index contributed by atoms with van der Waals surface area (Å²) in [5, 5.41) is 12.6. The quantitative estimate of drug-likeness (QED) is 0.339. The van der Waals surface area contributed by atoms with Crippen molar-refractivity contribution in [2.24, 2.45) is 5.92 Å². The van der Waals surface area contributed by atoms with Gasteiger partial charge in [-0.3, -0.25) is 14.5 Å². The zero-order chi connectivity index (χ0) is 26.9. The SMILES string of the molecule is CC(C)C(C(=O)O)N1CCC(NC(=O)C2C[N@@]2C(c2ccccc2)(c2ccccc2)c2ccccc2)C1=O. The highest BCUT2D eigenvalue weighted by atomic mass is 16.4. The molecule has 7 nitrogen and oxygen atoms in total. The number of carboxylic acids is 1. The molecule has 0 radical (unpaired) electrons. The van der Waals surface area contributed by atoms with Gasteiger partial charge in [0.15, 0.2) is 0 Å². The molecular weight excluding hydrogens is 478 g/mol. The third-order valence-electron chi connectivity index (χ3n) is 7.70. The molecule has 2 fully saturated rings. The second kappa shape index (κ2) is 10.4. The number of amides is 2. The molecule has 7 heteroatoms. The Morgan fingerprint density at radius 2 is 1.34 bits per heavy atom. The highest BCUT2D eigenvalue weighted by molar-refractivity contribution is 5.94. The van der Waals surface area contributed by atoms with E-state index in [0.717, 1.165) is 16.7 Å². The Balaban J connectivity index is 1.44. The van der Waals surface area contributed by atoms with Gasteiger partial charge in [0.1, 0.15) is 18.1 Å². The van der Waals surface area contributed by atoms with Gasteiger partial charge in [0.2, 0.25) is 11.8 Å². The summed E-state index contributed by atoms with van der Waals surface area (Å²) in [6, 6.07) is 28.5. The minimum Gasteiger partial charge on any atom is -0.480 e. The second-order valence-corrected chi connectivity index (χ2v) is 10.4. The molecule has 3 aromatic rings. The zero-order valence-corrected chi connectivity index (χ0v) is 21.7. The van der Waals surface area contributed by atoms with Crippen molar-refractivity contribution in [2.75, 3.05) is 13.1 Å².